The molecule has 0 bridgehead atoms. The highest BCUT2D eigenvalue weighted by molar-refractivity contribution is 5.83. The van der Waals surface area contributed by atoms with Crippen LogP contribution in [0.3, 0.4) is 0 Å². The van der Waals surface area contributed by atoms with Crippen molar-refractivity contribution in [3.05, 3.63) is 36.0 Å². The SMILES string of the molecule is CCC(C)NC(=NC)NCCCc1c[nH]c2ccccc12. The van der Waals surface area contributed by atoms with Crippen LogP contribution in [0.25, 0.3) is 10.9 Å². The molecule has 0 aliphatic rings. The first kappa shape index (κ1) is 15.4. The van der Waals surface area contributed by atoms with Gasteiger partial charge in [-0.2, -0.15) is 0 Å². The molecule has 1 unspecified atom stereocenters. The van der Waals surface area contributed by atoms with Crippen molar-refractivity contribution in [1.29, 1.82) is 0 Å². The number of aromatic nitrogens is 1. The molecular weight excluding hydrogens is 260 g/mol. The molecule has 114 valence electrons. The molecule has 2 aromatic rings. The number of fused-ring (bicyclic) bond motifs is 1. The molecule has 2 rings (SSSR count). The standard InChI is InChI=1S/C17H26N4/c1-4-13(2)21-17(18-3)19-11-7-8-14-12-20-16-10-6-5-9-15(14)16/h5-6,9-10,12-13,20H,4,7-8,11H2,1-3H3,(H2,18,19,21). The van der Waals surface area contributed by atoms with Gasteiger partial charge < -0.3 is 15.6 Å². The second-order valence-electron chi connectivity index (χ2n) is 5.42. The van der Waals surface area contributed by atoms with Crippen LogP contribution in [0.15, 0.2) is 35.5 Å². The van der Waals surface area contributed by atoms with E-state index in [0.29, 0.717) is 6.04 Å². The molecule has 0 fully saturated rings. The largest absolute Gasteiger partial charge is 0.361 e. The van der Waals surface area contributed by atoms with Crippen LogP contribution < -0.4 is 10.6 Å². The number of benzene rings is 1. The third-order valence-electron chi connectivity index (χ3n) is 3.81. The average molecular weight is 286 g/mol. The highest BCUT2D eigenvalue weighted by Gasteiger charge is 2.04. The first-order valence-electron chi connectivity index (χ1n) is 7.76. The molecule has 0 radical (unpaired) electrons. The van der Waals surface area contributed by atoms with Crippen molar-refractivity contribution < 1.29 is 0 Å². The normalized spacial score (nSPS) is 13.4. The summed E-state index contributed by atoms with van der Waals surface area (Å²) in [5.41, 5.74) is 2.60. The Labute approximate surface area is 127 Å². The zero-order valence-electron chi connectivity index (χ0n) is 13.2. The van der Waals surface area contributed by atoms with Crippen LogP contribution in [-0.2, 0) is 6.42 Å². The predicted octanol–water partition coefficient (Wildman–Crippen LogP) is 3.06. The van der Waals surface area contributed by atoms with Crippen LogP contribution in [0, 0.1) is 0 Å². The van der Waals surface area contributed by atoms with E-state index in [4.69, 9.17) is 0 Å². The van der Waals surface area contributed by atoms with Gasteiger partial charge in [-0.05, 0) is 37.8 Å². The van der Waals surface area contributed by atoms with E-state index in [0.717, 1.165) is 31.8 Å². The molecule has 0 spiro atoms. The molecule has 1 aromatic carbocycles. The summed E-state index contributed by atoms with van der Waals surface area (Å²) < 4.78 is 0. The van der Waals surface area contributed by atoms with E-state index in [2.05, 4.69) is 64.9 Å². The lowest BCUT2D eigenvalue weighted by Crippen LogP contribution is -2.42. The van der Waals surface area contributed by atoms with Gasteiger partial charge in [0.1, 0.15) is 0 Å². The third kappa shape index (κ3) is 4.25. The van der Waals surface area contributed by atoms with Gasteiger partial charge in [0.2, 0.25) is 0 Å². The van der Waals surface area contributed by atoms with Crippen molar-refractivity contribution >= 4 is 16.9 Å². The van der Waals surface area contributed by atoms with Gasteiger partial charge in [0.05, 0.1) is 0 Å². The number of aryl methyl sites for hydroxylation is 1. The number of aromatic amines is 1. The predicted molar refractivity (Wildman–Crippen MR) is 90.9 cm³/mol. The fraction of sp³-hybridized carbons (Fsp3) is 0.471. The Kier molecular flexibility index (Phi) is 5.67. The highest BCUT2D eigenvalue weighted by Crippen LogP contribution is 2.18. The Morgan fingerprint density at radius 2 is 2.14 bits per heavy atom. The zero-order valence-corrected chi connectivity index (χ0v) is 13.2. The average Bonchev–Trinajstić information content (AvgIpc) is 2.93. The van der Waals surface area contributed by atoms with Gasteiger partial charge in [0, 0.05) is 36.7 Å². The number of guanidine groups is 1. The van der Waals surface area contributed by atoms with Gasteiger partial charge in [-0.1, -0.05) is 25.1 Å². The minimum absolute atomic E-state index is 0.449. The minimum atomic E-state index is 0.449. The topological polar surface area (TPSA) is 52.2 Å². The number of nitrogens with zero attached hydrogens (tertiary/aromatic N) is 1. The van der Waals surface area contributed by atoms with E-state index < -0.39 is 0 Å². The molecule has 1 heterocycles. The molecule has 1 atom stereocenters. The Bertz CT molecular complexity index is 585. The highest BCUT2D eigenvalue weighted by atomic mass is 15.2. The number of para-hydroxylation sites is 1. The van der Waals surface area contributed by atoms with Crippen molar-refractivity contribution in [1.82, 2.24) is 15.6 Å². The zero-order chi connectivity index (χ0) is 15.1. The Morgan fingerprint density at radius 3 is 2.90 bits per heavy atom. The monoisotopic (exact) mass is 286 g/mol. The van der Waals surface area contributed by atoms with Crippen molar-refractivity contribution in [2.75, 3.05) is 13.6 Å². The first-order valence-corrected chi connectivity index (χ1v) is 7.76. The van der Waals surface area contributed by atoms with Crippen LogP contribution in [0.1, 0.15) is 32.3 Å². The Morgan fingerprint density at radius 1 is 1.33 bits per heavy atom. The van der Waals surface area contributed by atoms with Gasteiger partial charge in [0.15, 0.2) is 5.96 Å². The lowest BCUT2D eigenvalue weighted by molar-refractivity contribution is 0.620. The molecule has 0 amide bonds. The summed E-state index contributed by atoms with van der Waals surface area (Å²) in [5.74, 6) is 0.892. The summed E-state index contributed by atoms with van der Waals surface area (Å²) in [4.78, 5) is 7.57. The van der Waals surface area contributed by atoms with Crippen LogP contribution in [0.4, 0.5) is 0 Å². The molecule has 4 nitrogen and oxygen atoms in total. The van der Waals surface area contributed by atoms with Crippen molar-refractivity contribution in [3.63, 3.8) is 0 Å². The number of rotatable bonds is 6. The minimum Gasteiger partial charge on any atom is -0.361 e. The molecular formula is C17H26N4. The summed E-state index contributed by atoms with van der Waals surface area (Å²) in [6.07, 6.45) is 5.37. The van der Waals surface area contributed by atoms with E-state index in [1.54, 1.807) is 0 Å². The number of hydrogen-bond donors (Lipinski definition) is 3. The van der Waals surface area contributed by atoms with E-state index in [-0.39, 0.29) is 0 Å². The number of H-pyrrole nitrogens is 1. The van der Waals surface area contributed by atoms with E-state index in [1.807, 2.05) is 7.05 Å². The summed E-state index contributed by atoms with van der Waals surface area (Å²) in [6, 6.07) is 8.90. The quantitative estimate of drug-likeness (QED) is 0.434. The maximum Gasteiger partial charge on any atom is 0.191 e. The summed E-state index contributed by atoms with van der Waals surface area (Å²) >= 11 is 0. The van der Waals surface area contributed by atoms with Crippen molar-refractivity contribution in [2.45, 2.75) is 39.2 Å². The maximum absolute atomic E-state index is 4.25. The van der Waals surface area contributed by atoms with Gasteiger partial charge in [-0.3, -0.25) is 4.99 Å². The van der Waals surface area contributed by atoms with Gasteiger partial charge in [-0.15, -0.1) is 0 Å². The second-order valence-corrected chi connectivity index (χ2v) is 5.42. The van der Waals surface area contributed by atoms with E-state index >= 15 is 0 Å². The van der Waals surface area contributed by atoms with Gasteiger partial charge >= 0.3 is 0 Å². The van der Waals surface area contributed by atoms with Crippen molar-refractivity contribution in [3.8, 4) is 0 Å². The smallest absolute Gasteiger partial charge is 0.191 e. The molecule has 0 aliphatic heterocycles. The maximum atomic E-state index is 4.25. The molecule has 0 saturated heterocycles. The molecule has 1 aromatic heterocycles. The van der Waals surface area contributed by atoms with Gasteiger partial charge in [0.25, 0.3) is 0 Å². The molecule has 0 aliphatic carbocycles. The van der Waals surface area contributed by atoms with Crippen molar-refractivity contribution in [2.24, 2.45) is 4.99 Å². The fourth-order valence-corrected chi connectivity index (χ4v) is 2.35. The van der Waals surface area contributed by atoms with Crippen LogP contribution in [0.5, 0.6) is 0 Å². The van der Waals surface area contributed by atoms with E-state index in [1.165, 1.54) is 16.5 Å². The number of hydrogen-bond acceptors (Lipinski definition) is 1. The molecule has 0 saturated carbocycles. The molecule has 3 N–H and O–H groups in total. The van der Waals surface area contributed by atoms with Crippen LogP contribution in [0.2, 0.25) is 0 Å². The van der Waals surface area contributed by atoms with E-state index in [9.17, 15) is 0 Å². The number of nitrogens with one attached hydrogen (secondary N) is 3. The fourth-order valence-electron chi connectivity index (χ4n) is 2.35. The number of aliphatic imine (C=N–C) groups is 1. The Hall–Kier alpha value is -1.97. The van der Waals surface area contributed by atoms with Crippen LogP contribution >= 0.6 is 0 Å². The summed E-state index contributed by atoms with van der Waals surface area (Å²) in [5, 5.41) is 8.08. The van der Waals surface area contributed by atoms with Gasteiger partial charge in [-0.25, -0.2) is 0 Å². The molecule has 4 heteroatoms. The first-order chi connectivity index (χ1) is 10.2. The lowest BCUT2D eigenvalue weighted by Gasteiger charge is -2.16. The molecule has 21 heavy (non-hydrogen) atoms. The Balaban J connectivity index is 1.79. The summed E-state index contributed by atoms with van der Waals surface area (Å²) in [6.45, 7) is 5.26. The van der Waals surface area contributed by atoms with Crippen LogP contribution in [-0.4, -0.2) is 30.6 Å². The third-order valence-corrected chi connectivity index (χ3v) is 3.81. The summed E-state index contributed by atoms with van der Waals surface area (Å²) in [7, 11) is 1.82. The second kappa shape index (κ2) is 7.72. The lowest BCUT2D eigenvalue weighted by atomic mass is 10.1.